The summed E-state index contributed by atoms with van der Waals surface area (Å²) in [4.78, 5) is 18.3. The van der Waals surface area contributed by atoms with E-state index in [0.29, 0.717) is 12.6 Å². The second-order valence-corrected chi connectivity index (χ2v) is 6.54. The zero-order chi connectivity index (χ0) is 17.4. The fourth-order valence-corrected chi connectivity index (χ4v) is 3.00. The zero-order valence-electron chi connectivity index (χ0n) is 15.1. The molecule has 1 aliphatic carbocycles. The largest absolute Gasteiger partial charge is 0.357 e. The summed E-state index contributed by atoms with van der Waals surface area (Å²) in [6.07, 6.45) is 5.92. The van der Waals surface area contributed by atoms with Crippen molar-refractivity contribution >= 4 is 11.9 Å². The van der Waals surface area contributed by atoms with E-state index in [4.69, 9.17) is 0 Å². The molecule has 0 heterocycles. The number of aliphatic imine (C=N–C) groups is 1. The van der Waals surface area contributed by atoms with Gasteiger partial charge < -0.3 is 15.5 Å². The molecule has 0 bridgehead atoms. The lowest BCUT2D eigenvalue weighted by atomic mass is 10.1. The number of rotatable bonds is 6. The molecule has 1 aromatic rings. The van der Waals surface area contributed by atoms with Crippen LogP contribution in [0.5, 0.6) is 0 Å². The van der Waals surface area contributed by atoms with Crippen LogP contribution in [-0.2, 0) is 6.42 Å². The third-order valence-electron chi connectivity index (χ3n) is 4.29. The van der Waals surface area contributed by atoms with Gasteiger partial charge in [0.2, 0.25) is 0 Å². The highest BCUT2D eigenvalue weighted by Gasteiger charge is 2.15. The summed E-state index contributed by atoms with van der Waals surface area (Å²) >= 11 is 0. The van der Waals surface area contributed by atoms with Crippen LogP contribution >= 0.6 is 0 Å². The van der Waals surface area contributed by atoms with Crippen molar-refractivity contribution in [2.75, 3.05) is 27.2 Å². The van der Waals surface area contributed by atoms with Crippen LogP contribution in [-0.4, -0.2) is 50.0 Å². The van der Waals surface area contributed by atoms with Gasteiger partial charge in [0.1, 0.15) is 0 Å². The zero-order valence-corrected chi connectivity index (χ0v) is 15.1. The first-order valence-electron chi connectivity index (χ1n) is 8.95. The van der Waals surface area contributed by atoms with E-state index in [9.17, 15) is 4.79 Å². The van der Waals surface area contributed by atoms with Crippen LogP contribution in [0.25, 0.3) is 0 Å². The molecule has 0 atom stereocenters. The summed E-state index contributed by atoms with van der Waals surface area (Å²) in [6, 6.07) is 8.39. The highest BCUT2D eigenvalue weighted by atomic mass is 16.2. The summed E-state index contributed by atoms with van der Waals surface area (Å²) in [5.41, 5.74) is 1.88. The molecule has 5 nitrogen and oxygen atoms in total. The van der Waals surface area contributed by atoms with Gasteiger partial charge in [-0.15, -0.1) is 0 Å². The first-order chi connectivity index (χ1) is 11.6. The fourth-order valence-electron chi connectivity index (χ4n) is 3.00. The van der Waals surface area contributed by atoms with E-state index in [-0.39, 0.29) is 5.91 Å². The molecular formula is C19H30N4O. The van der Waals surface area contributed by atoms with Gasteiger partial charge in [-0.1, -0.05) is 25.0 Å². The lowest BCUT2D eigenvalue weighted by molar-refractivity contribution is 0.0827. The molecule has 0 aliphatic heterocycles. The molecule has 0 saturated heterocycles. The van der Waals surface area contributed by atoms with Gasteiger partial charge in [-0.05, 0) is 43.9 Å². The number of benzene rings is 1. The SMILES string of the molecule is CCNC(=NCCc1cccc(C(=O)N(C)C)c1)NC1CCCC1. The molecule has 2 rings (SSSR count). The maximum Gasteiger partial charge on any atom is 0.253 e. The average molecular weight is 330 g/mol. The molecule has 1 aromatic carbocycles. The van der Waals surface area contributed by atoms with E-state index in [1.807, 2.05) is 18.2 Å². The molecule has 5 heteroatoms. The number of carbonyl (C=O) groups excluding carboxylic acids is 1. The van der Waals surface area contributed by atoms with Gasteiger partial charge in [0.05, 0.1) is 0 Å². The van der Waals surface area contributed by atoms with Crippen LogP contribution in [0.1, 0.15) is 48.5 Å². The summed E-state index contributed by atoms with van der Waals surface area (Å²) in [5, 5.41) is 6.84. The van der Waals surface area contributed by atoms with Gasteiger partial charge in [-0.25, -0.2) is 0 Å². The third-order valence-corrected chi connectivity index (χ3v) is 4.29. The Morgan fingerprint density at radius 2 is 2.04 bits per heavy atom. The van der Waals surface area contributed by atoms with Crippen molar-refractivity contribution in [2.45, 2.75) is 45.1 Å². The monoisotopic (exact) mass is 330 g/mol. The maximum atomic E-state index is 12.0. The summed E-state index contributed by atoms with van der Waals surface area (Å²) in [6.45, 7) is 3.66. The summed E-state index contributed by atoms with van der Waals surface area (Å²) in [5.74, 6) is 0.946. The van der Waals surface area contributed by atoms with E-state index >= 15 is 0 Å². The Labute approximate surface area is 145 Å². The Hall–Kier alpha value is -2.04. The molecule has 0 radical (unpaired) electrons. The molecule has 1 amide bonds. The van der Waals surface area contributed by atoms with E-state index in [0.717, 1.165) is 30.1 Å². The standard InChI is InChI=1S/C19H30N4O/c1-4-20-19(22-17-10-5-6-11-17)21-13-12-15-8-7-9-16(14-15)18(24)23(2)3/h7-9,14,17H,4-6,10-13H2,1-3H3,(H2,20,21,22). The molecule has 2 N–H and O–H groups in total. The Bertz CT molecular complexity index is 562. The molecule has 1 aliphatic rings. The van der Waals surface area contributed by atoms with Gasteiger partial charge in [0.15, 0.2) is 5.96 Å². The van der Waals surface area contributed by atoms with Crippen molar-refractivity contribution in [3.8, 4) is 0 Å². The minimum Gasteiger partial charge on any atom is -0.357 e. The highest BCUT2D eigenvalue weighted by Crippen LogP contribution is 2.17. The number of hydrogen-bond donors (Lipinski definition) is 2. The lowest BCUT2D eigenvalue weighted by Crippen LogP contribution is -2.42. The van der Waals surface area contributed by atoms with Gasteiger partial charge in [0, 0.05) is 38.8 Å². The highest BCUT2D eigenvalue weighted by molar-refractivity contribution is 5.94. The Morgan fingerprint density at radius 3 is 2.71 bits per heavy atom. The molecule has 0 unspecified atom stereocenters. The van der Waals surface area contributed by atoms with Crippen LogP contribution in [0.15, 0.2) is 29.3 Å². The number of carbonyl (C=O) groups is 1. The van der Waals surface area contributed by atoms with Crippen LogP contribution in [0, 0.1) is 0 Å². The van der Waals surface area contributed by atoms with E-state index in [2.05, 4.69) is 28.6 Å². The normalized spacial score (nSPS) is 15.4. The first kappa shape index (κ1) is 18.3. The number of nitrogens with zero attached hydrogens (tertiary/aromatic N) is 2. The molecule has 0 spiro atoms. The molecule has 1 saturated carbocycles. The summed E-state index contributed by atoms with van der Waals surface area (Å²) in [7, 11) is 3.55. The average Bonchev–Trinajstić information content (AvgIpc) is 3.07. The minimum atomic E-state index is 0.0385. The van der Waals surface area contributed by atoms with Crippen LogP contribution < -0.4 is 10.6 Å². The molecular weight excluding hydrogens is 300 g/mol. The topological polar surface area (TPSA) is 56.7 Å². The predicted molar refractivity (Wildman–Crippen MR) is 99.5 cm³/mol. The van der Waals surface area contributed by atoms with Crippen molar-refractivity contribution in [1.29, 1.82) is 0 Å². The fraction of sp³-hybridized carbons (Fsp3) is 0.579. The van der Waals surface area contributed by atoms with Gasteiger partial charge in [-0.2, -0.15) is 0 Å². The second-order valence-electron chi connectivity index (χ2n) is 6.54. The number of guanidine groups is 1. The van der Waals surface area contributed by atoms with Gasteiger partial charge in [-0.3, -0.25) is 9.79 Å². The van der Waals surface area contributed by atoms with E-state index in [1.165, 1.54) is 25.7 Å². The summed E-state index contributed by atoms with van der Waals surface area (Å²) < 4.78 is 0. The second kappa shape index (κ2) is 9.30. The van der Waals surface area contributed by atoms with Crippen molar-refractivity contribution < 1.29 is 4.79 Å². The molecule has 24 heavy (non-hydrogen) atoms. The molecule has 1 fully saturated rings. The number of amides is 1. The van der Waals surface area contributed by atoms with Crippen LogP contribution in [0.3, 0.4) is 0 Å². The maximum absolute atomic E-state index is 12.0. The van der Waals surface area contributed by atoms with Crippen LogP contribution in [0.2, 0.25) is 0 Å². The van der Waals surface area contributed by atoms with Gasteiger partial charge in [0.25, 0.3) is 5.91 Å². The number of nitrogens with one attached hydrogen (secondary N) is 2. The minimum absolute atomic E-state index is 0.0385. The van der Waals surface area contributed by atoms with E-state index < -0.39 is 0 Å². The van der Waals surface area contributed by atoms with Crippen LogP contribution in [0.4, 0.5) is 0 Å². The first-order valence-corrected chi connectivity index (χ1v) is 8.95. The van der Waals surface area contributed by atoms with Crippen molar-refractivity contribution in [2.24, 2.45) is 4.99 Å². The van der Waals surface area contributed by atoms with Gasteiger partial charge >= 0.3 is 0 Å². The lowest BCUT2D eigenvalue weighted by Gasteiger charge is -2.16. The van der Waals surface area contributed by atoms with Crippen molar-refractivity contribution in [1.82, 2.24) is 15.5 Å². The smallest absolute Gasteiger partial charge is 0.253 e. The molecule has 132 valence electrons. The Balaban J connectivity index is 1.92. The predicted octanol–water partition coefficient (Wildman–Crippen LogP) is 2.43. The Morgan fingerprint density at radius 1 is 1.29 bits per heavy atom. The number of hydrogen-bond acceptors (Lipinski definition) is 2. The van der Waals surface area contributed by atoms with Crippen molar-refractivity contribution in [3.63, 3.8) is 0 Å². The Kier molecular flexibility index (Phi) is 7.09. The van der Waals surface area contributed by atoms with Crippen molar-refractivity contribution in [3.05, 3.63) is 35.4 Å². The molecule has 0 aromatic heterocycles. The third kappa shape index (κ3) is 5.55. The quantitative estimate of drug-likeness (QED) is 0.622. The van der Waals surface area contributed by atoms with E-state index in [1.54, 1.807) is 19.0 Å².